The first-order valence-corrected chi connectivity index (χ1v) is 10.7. The summed E-state index contributed by atoms with van der Waals surface area (Å²) in [7, 11) is 1.65. The van der Waals surface area contributed by atoms with E-state index in [1.54, 1.807) is 18.0 Å². The van der Waals surface area contributed by atoms with Crippen LogP contribution in [0.15, 0.2) is 42.9 Å². The Morgan fingerprint density at radius 2 is 1.94 bits per heavy atom. The van der Waals surface area contributed by atoms with Crippen LogP contribution in [0.5, 0.6) is 5.75 Å². The maximum Gasteiger partial charge on any atom is 0.187 e. The third-order valence-electron chi connectivity index (χ3n) is 5.46. The van der Waals surface area contributed by atoms with Crippen molar-refractivity contribution < 1.29 is 14.2 Å². The fourth-order valence-corrected chi connectivity index (χ4v) is 3.75. The van der Waals surface area contributed by atoms with Gasteiger partial charge in [-0.15, -0.1) is 5.10 Å². The molecular formula is C22H25N7O3. The summed E-state index contributed by atoms with van der Waals surface area (Å²) in [5.41, 5.74) is 3.24. The highest BCUT2D eigenvalue weighted by Crippen LogP contribution is 2.21. The van der Waals surface area contributed by atoms with Crippen LogP contribution in [0.1, 0.15) is 30.3 Å². The largest absolute Gasteiger partial charge is 0.491 e. The Morgan fingerprint density at radius 3 is 2.75 bits per heavy atom. The monoisotopic (exact) mass is 435 g/mol. The van der Waals surface area contributed by atoms with Gasteiger partial charge in [-0.1, -0.05) is 5.21 Å². The molecule has 3 aromatic heterocycles. The molecule has 0 atom stereocenters. The van der Waals surface area contributed by atoms with Crippen LogP contribution >= 0.6 is 0 Å². The Morgan fingerprint density at radius 1 is 1.09 bits per heavy atom. The maximum absolute atomic E-state index is 5.63. The van der Waals surface area contributed by atoms with Crippen molar-refractivity contribution in [2.24, 2.45) is 0 Å². The van der Waals surface area contributed by atoms with E-state index in [2.05, 4.69) is 26.6 Å². The molecule has 0 radical (unpaired) electrons. The number of benzene rings is 1. The molecule has 166 valence electrons. The third kappa shape index (κ3) is 4.46. The van der Waals surface area contributed by atoms with Gasteiger partial charge in [-0.05, 0) is 42.7 Å². The van der Waals surface area contributed by atoms with E-state index in [1.165, 1.54) is 0 Å². The number of rotatable bonds is 8. The number of aromatic nitrogens is 7. The molecule has 1 fully saturated rings. The maximum atomic E-state index is 5.63. The Hall–Kier alpha value is -3.37. The summed E-state index contributed by atoms with van der Waals surface area (Å²) in [4.78, 5) is 9.20. The second-order valence-electron chi connectivity index (χ2n) is 7.68. The number of fused-ring (bicyclic) bond motifs is 1. The zero-order valence-corrected chi connectivity index (χ0v) is 17.9. The van der Waals surface area contributed by atoms with Crippen LogP contribution in [0.3, 0.4) is 0 Å². The van der Waals surface area contributed by atoms with Gasteiger partial charge in [0.25, 0.3) is 0 Å². The molecule has 0 bridgehead atoms. The van der Waals surface area contributed by atoms with Crippen LogP contribution in [0.2, 0.25) is 0 Å². The van der Waals surface area contributed by atoms with Crippen molar-refractivity contribution in [3.8, 4) is 11.4 Å². The molecule has 0 saturated carbocycles. The lowest BCUT2D eigenvalue weighted by atomic mass is 10.1. The quantitative estimate of drug-likeness (QED) is 0.389. The van der Waals surface area contributed by atoms with Crippen LogP contribution in [-0.2, 0) is 15.9 Å². The minimum Gasteiger partial charge on any atom is -0.491 e. The molecule has 1 aliphatic rings. The van der Waals surface area contributed by atoms with E-state index in [-0.39, 0.29) is 0 Å². The van der Waals surface area contributed by atoms with Gasteiger partial charge >= 0.3 is 0 Å². The Balaban J connectivity index is 1.33. The third-order valence-corrected chi connectivity index (χ3v) is 5.46. The van der Waals surface area contributed by atoms with Gasteiger partial charge in [0.2, 0.25) is 0 Å². The second kappa shape index (κ2) is 9.41. The van der Waals surface area contributed by atoms with E-state index in [1.807, 2.05) is 35.1 Å². The second-order valence-corrected chi connectivity index (χ2v) is 7.68. The lowest BCUT2D eigenvalue weighted by Crippen LogP contribution is -2.19. The molecule has 5 rings (SSSR count). The smallest absolute Gasteiger partial charge is 0.187 e. The van der Waals surface area contributed by atoms with Gasteiger partial charge < -0.3 is 14.2 Å². The summed E-state index contributed by atoms with van der Waals surface area (Å²) in [5, 5.41) is 13.0. The van der Waals surface area contributed by atoms with Crippen molar-refractivity contribution in [1.82, 2.24) is 34.7 Å². The van der Waals surface area contributed by atoms with E-state index < -0.39 is 0 Å². The number of nitrogens with zero attached hydrogens (tertiary/aromatic N) is 7. The fourth-order valence-electron chi connectivity index (χ4n) is 3.75. The first kappa shape index (κ1) is 20.5. The standard InChI is InChI=1S/C22H25N7O3/c1-30-10-11-32-19-4-2-18(3-5-19)29-22-20(26-27-29)14-23-21(25-22)12-16-13-24-28(15-16)17-6-8-31-9-7-17/h2-5,13-15,17H,6-12H2,1H3. The molecule has 0 spiro atoms. The van der Waals surface area contributed by atoms with Gasteiger partial charge in [0.05, 0.1) is 30.7 Å². The lowest BCUT2D eigenvalue weighted by Gasteiger charge is -2.22. The summed E-state index contributed by atoms with van der Waals surface area (Å²) in [6.45, 7) is 2.63. The summed E-state index contributed by atoms with van der Waals surface area (Å²) >= 11 is 0. The van der Waals surface area contributed by atoms with Crippen LogP contribution in [-0.4, -0.2) is 68.3 Å². The van der Waals surface area contributed by atoms with Crippen LogP contribution in [0.25, 0.3) is 16.9 Å². The molecule has 1 aliphatic heterocycles. The van der Waals surface area contributed by atoms with Crippen molar-refractivity contribution in [2.45, 2.75) is 25.3 Å². The van der Waals surface area contributed by atoms with Crippen molar-refractivity contribution in [2.75, 3.05) is 33.5 Å². The molecule has 4 heterocycles. The first-order valence-electron chi connectivity index (χ1n) is 10.7. The zero-order valence-electron chi connectivity index (χ0n) is 17.9. The molecule has 0 N–H and O–H groups in total. The first-order chi connectivity index (χ1) is 15.8. The molecule has 0 unspecified atom stereocenters. The van der Waals surface area contributed by atoms with Gasteiger partial charge in [0.15, 0.2) is 11.2 Å². The minimum atomic E-state index is 0.396. The van der Waals surface area contributed by atoms with Gasteiger partial charge in [-0.2, -0.15) is 9.78 Å². The van der Waals surface area contributed by atoms with Gasteiger partial charge in [0, 0.05) is 32.9 Å². The Kier molecular flexibility index (Phi) is 6.04. The van der Waals surface area contributed by atoms with Gasteiger partial charge in [0.1, 0.15) is 18.2 Å². The van der Waals surface area contributed by atoms with Crippen molar-refractivity contribution in [3.63, 3.8) is 0 Å². The van der Waals surface area contributed by atoms with Gasteiger partial charge in [-0.25, -0.2) is 9.97 Å². The van der Waals surface area contributed by atoms with E-state index >= 15 is 0 Å². The Bertz CT molecular complexity index is 1170. The molecule has 32 heavy (non-hydrogen) atoms. The van der Waals surface area contributed by atoms with Crippen LogP contribution < -0.4 is 4.74 Å². The number of hydrogen-bond acceptors (Lipinski definition) is 8. The molecule has 0 amide bonds. The molecule has 1 saturated heterocycles. The number of hydrogen-bond donors (Lipinski definition) is 0. The summed E-state index contributed by atoms with van der Waals surface area (Å²) in [6.07, 6.45) is 8.26. The molecular weight excluding hydrogens is 410 g/mol. The topological polar surface area (TPSA) is 102 Å². The zero-order chi connectivity index (χ0) is 21.8. The molecule has 1 aromatic carbocycles. The minimum absolute atomic E-state index is 0.396. The number of ether oxygens (including phenoxy) is 3. The molecule has 0 aliphatic carbocycles. The summed E-state index contributed by atoms with van der Waals surface area (Å²) < 4.78 is 19.8. The Labute approximate surface area is 185 Å². The highest BCUT2D eigenvalue weighted by Gasteiger charge is 2.17. The SMILES string of the molecule is COCCOc1ccc(-n2nnc3cnc(Cc4cnn(C5CCOCC5)c4)nc32)cc1. The lowest BCUT2D eigenvalue weighted by molar-refractivity contribution is 0.0662. The molecule has 10 heteroatoms. The predicted octanol–water partition coefficient (Wildman–Crippen LogP) is 2.37. The van der Waals surface area contributed by atoms with Crippen molar-refractivity contribution in [1.29, 1.82) is 0 Å². The predicted molar refractivity (Wildman–Crippen MR) is 116 cm³/mol. The molecule has 10 nitrogen and oxygen atoms in total. The van der Waals surface area contributed by atoms with Crippen LogP contribution in [0, 0.1) is 0 Å². The molecule has 4 aromatic rings. The highest BCUT2D eigenvalue weighted by atomic mass is 16.5. The van der Waals surface area contributed by atoms with E-state index in [0.29, 0.717) is 42.7 Å². The normalized spacial score (nSPS) is 14.8. The summed E-state index contributed by atoms with van der Waals surface area (Å²) in [5.74, 6) is 1.47. The fraction of sp³-hybridized carbons (Fsp3) is 0.409. The van der Waals surface area contributed by atoms with Gasteiger partial charge in [-0.3, -0.25) is 4.68 Å². The average Bonchev–Trinajstić information content (AvgIpc) is 3.47. The average molecular weight is 435 g/mol. The highest BCUT2D eigenvalue weighted by molar-refractivity contribution is 5.70. The van der Waals surface area contributed by atoms with E-state index in [9.17, 15) is 0 Å². The van der Waals surface area contributed by atoms with E-state index in [4.69, 9.17) is 19.2 Å². The van der Waals surface area contributed by atoms with E-state index in [0.717, 1.165) is 43.1 Å². The van der Waals surface area contributed by atoms with Crippen molar-refractivity contribution in [3.05, 3.63) is 54.2 Å². The van der Waals surface area contributed by atoms with Crippen LogP contribution in [0.4, 0.5) is 0 Å². The van der Waals surface area contributed by atoms with Crippen molar-refractivity contribution >= 4 is 11.2 Å². The number of methoxy groups -OCH3 is 1. The summed E-state index contributed by atoms with van der Waals surface area (Å²) in [6, 6.07) is 8.04.